The zero-order chi connectivity index (χ0) is 15.3. The van der Waals surface area contributed by atoms with Crippen LogP contribution < -0.4 is 9.47 Å². The van der Waals surface area contributed by atoms with Crippen LogP contribution in [0.25, 0.3) is 0 Å². The molecule has 1 aromatic heterocycles. The summed E-state index contributed by atoms with van der Waals surface area (Å²) < 4.78 is 10.4. The van der Waals surface area contributed by atoms with E-state index in [0.29, 0.717) is 16.9 Å². The van der Waals surface area contributed by atoms with Crippen LogP contribution in [0.5, 0.6) is 11.8 Å². The predicted octanol–water partition coefficient (Wildman–Crippen LogP) is 2.92. The first-order valence-electron chi connectivity index (χ1n) is 7.36. The fourth-order valence-electron chi connectivity index (χ4n) is 2.85. The van der Waals surface area contributed by atoms with E-state index in [4.69, 9.17) is 9.47 Å². The number of aliphatic hydroxyl groups is 1. The van der Waals surface area contributed by atoms with E-state index in [1.54, 1.807) is 20.3 Å². The highest BCUT2D eigenvalue weighted by molar-refractivity contribution is 7.99. The fraction of sp³-hybridized carbons (Fsp3) is 0.733. The van der Waals surface area contributed by atoms with E-state index in [0.717, 1.165) is 12.8 Å². The first-order valence-corrected chi connectivity index (χ1v) is 8.24. The molecule has 1 atom stereocenters. The van der Waals surface area contributed by atoms with E-state index >= 15 is 0 Å². The van der Waals surface area contributed by atoms with E-state index in [1.165, 1.54) is 31.0 Å². The molecule has 1 unspecified atom stereocenters. The van der Waals surface area contributed by atoms with Crippen LogP contribution in [0.2, 0.25) is 0 Å². The molecule has 0 saturated heterocycles. The highest BCUT2D eigenvalue weighted by Gasteiger charge is 2.36. The van der Waals surface area contributed by atoms with Crippen LogP contribution in [-0.4, -0.2) is 41.2 Å². The smallest absolute Gasteiger partial charge is 0.220 e. The molecule has 6 heteroatoms. The predicted molar refractivity (Wildman–Crippen MR) is 83.1 cm³/mol. The number of rotatable bonds is 6. The van der Waals surface area contributed by atoms with Gasteiger partial charge in [-0.3, -0.25) is 0 Å². The second-order valence-corrected chi connectivity index (χ2v) is 6.91. The number of aliphatic hydroxyl groups excluding tert-OH is 1. The third kappa shape index (κ3) is 4.01. The van der Waals surface area contributed by atoms with Crippen molar-refractivity contribution in [2.24, 2.45) is 5.41 Å². The Balaban J connectivity index is 2.17. The summed E-state index contributed by atoms with van der Waals surface area (Å²) in [7, 11) is 3.14. The first-order chi connectivity index (χ1) is 10.1. The Labute approximate surface area is 130 Å². The highest BCUT2D eigenvalue weighted by Crippen LogP contribution is 2.45. The van der Waals surface area contributed by atoms with Crippen molar-refractivity contribution in [3.05, 3.63) is 6.07 Å². The molecule has 0 spiro atoms. The van der Waals surface area contributed by atoms with Crippen molar-refractivity contribution in [2.45, 2.75) is 49.4 Å². The molecule has 2 rings (SSSR count). The number of thioether (sulfide) groups is 1. The molecule has 21 heavy (non-hydrogen) atoms. The van der Waals surface area contributed by atoms with Gasteiger partial charge in [0.1, 0.15) is 0 Å². The second kappa shape index (κ2) is 7.31. The molecule has 1 aliphatic rings. The quantitative estimate of drug-likeness (QED) is 0.643. The lowest BCUT2D eigenvalue weighted by Crippen LogP contribution is -2.34. The van der Waals surface area contributed by atoms with Crippen molar-refractivity contribution < 1.29 is 14.6 Å². The molecule has 5 nitrogen and oxygen atoms in total. The summed E-state index contributed by atoms with van der Waals surface area (Å²) in [5.41, 5.74) is 0.136. The summed E-state index contributed by atoms with van der Waals surface area (Å²) >= 11 is 1.52. The van der Waals surface area contributed by atoms with Crippen molar-refractivity contribution in [1.29, 1.82) is 0 Å². The van der Waals surface area contributed by atoms with Gasteiger partial charge in [0.05, 0.1) is 26.9 Å². The molecule has 0 aromatic carbocycles. The third-order valence-corrected chi connectivity index (χ3v) is 5.66. The SMILES string of the molecule is COc1cc(OC)nc(SC(CO)C2(C)CCCCC2)n1. The molecule has 0 amide bonds. The van der Waals surface area contributed by atoms with Gasteiger partial charge in [0, 0.05) is 5.25 Å². The Kier molecular flexibility index (Phi) is 5.70. The van der Waals surface area contributed by atoms with Gasteiger partial charge in [-0.25, -0.2) is 0 Å². The molecule has 0 radical (unpaired) electrons. The standard InChI is InChI=1S/C15H24N2O3S/c1-15(7-5-4-6-8-15)11(10-18)21-14-16-12(19-2)9-13(17-14)20-3/h9,11,18H,4-8,10H2,1-3H3. The average Bonchev–Trinajstić information content (AvgIpc) is 2.52. The normalized spacial score (nSPS) is 19.0. The Morgan fingerprint density at radius 1 is 1.19 bits per heavy atom. The van der Waals surface area contributed by atoms with Crippen LogP contribution in [0.3, 0.4) is 0 Å². The lowest BCUT2D eigenvalue weighted by atomic mass is 9.73. The minimum atomic E-state index is 0.0922. The van der Waals surface area contributed by atoms with Crippen LogP contribution in [0, 0.1) is 5.41 Å². The van der Waals surface area contributed by atoms with Crippen LogP contribution in [0.15, 0.2) is 11.2 Å². The third-order valence-electron chi connectivity index (χ3n) is 4.26. The number of hydrogen-bond acceptors (Lipinski definition) is 6. The zero-order valence-electron chi connectivity index (χ0n) is 13.0. The number of nitrogens with zero attached hydrogens (tertiary/aromatic N) is 2. The number of aromatic nitrogens is 2. The topological polar surface area (TPSA) is 64.5 Å². The molecule has 1 aliphatic carbocycles. The number of methoxy groups -OCH3 is 2. The Morgan fingerprint density at radius 2 is 1.76 bits per heavy atom. The van der Waals surface area contributed by atoms with Crippen molar-refractivity contribution in [3.63, 3.8) is 0 Å². The van der Waals surface area contributed by atoms with Gasteiger partial charge in [-0.2, -0.15) is 9.97 Å². The van der Waals surface area contributed by atoms with Crippen molar-refractivity contribution in [2.75, 3.05) is 20.8 Å². The van der Waals surface area contributed by atoms with E-state index in [2.05, 4.69) is 16.9 Å². The van der Waals surface area contributed by atoms with Crippen molar-refractivity contribution in [3.8, 4) is 11.8 Å². The monoisotopic (exact) mass is 312 g/mol. The van der Waals surface area contributed by atoms with Crippen molar-refractivity contribution in [1.82, 2.24) is 9.97 Å². The maximum atomic E-state index is 9.82. The first kappa shape index (κ1) is 16.4. The number of ether oxygens (including phenoxy) is 2. The van der Waals surface area contributed by atoms with Gasteiger partial charge >= 0.3 is 0 Å². The molecular weight excluding hydrogens is 288 g/mol. The molecule has 0 aliphatic heterocycles. The largest absolute Gasteiger partial charge is 0.481 e. The summed E-state index contributed by atoms with van der Waals surface area (Å²) in [6.45, 7) is 2.39. The summed E-state index contributed by atoms with van der Waals surface area (Å²) in [6.07, 6.45) is 6.05. The Bertz CT molecular complexity index is 442. The summed E-state index contributed by atoms with van der Waals surface area (Å²) in [6, 6.07) is 1.65. The van der Waals surface area contributed by atoms with Crippen LogP contribution in [-0.2, 0) is 0 Å². The van der Waals surface area contributed by atoms with Gasteiger partial charge in [0.25, 0.3) is 0 Å². The summed E-state index contributed by atoms with van der Waals surface area (Å²) in [5.74, 6) is 0.963. The molecular formula is C15H24N2O3S. The van der Waals surface area contributed by atoms with Gasteiger partial charge in [-0.05, 0) is 18.3 Å². The Morgan fingerprint density at radius 3 is 2.24 bits per heavy atom. The van der Waals surface area contributed by atoms with Gasteiger partial charge in [0.15, 0.2) is 5.16 Å². The van der Waals surface area contributed by atoms with Crippen LogP contribution >= 0.6 is 11.8 Å². The average molecular weight is 312 g/mol. The van der Waals surface area contributed by atoms with Gasteiger partial charge < -0.3 is 14.6 Å². The molecule has 118 valence electrons. The maximum absolute atomic E-state index is 9.82. The van der Waals surface area contributed by atoms with Gasteiger partial charge in [-0.1, -0.05) is 37.9 Å². The molecule has 1 saturated carbocycles. The van der Waals surface area contributed by atoms with Crippen LogP contribution in [0.1, 0.15) is 39.0 Å². The maximum Gasteiger partial charge on any atom is 0.220 e. The minimum Gasteiger partial charge on any atom is -0.481 e. The minimum absolute atomic E-state index is 0.0922. The zero-order valence-corrected chi connectivity index (χ0v) is 13.8. The summed E-state index contributed by atoms with van der Waals surface area (Å²) in [4.78, 5) is 8.70. The molecule has 1 N–H and O–H groups in total. The molecule has 1 aromatic rings. The summed E-state index contributed by atoms with van der Waals surface area (Å²) in [5, 5.41) is 10.5. The molecule has 0 bridgehead atoms. The van der Waals surface area contributed by atoms with E-state index in [-0.39, 0.29) is 17.3 Å². The second-order valence-electron chi connectivity index (χ2n) is 5.74. The lowest BCUT2D eigenvalue weighted by Gasteiger charge is -2.39. The fourth-order valence-corrected chi connectivity index (χ4v) is 3.99. The van der Waals surface area contributed by atoms with Crippen LogP contribution in [0.4, 0.5) is 0 Å². The van der Waals surface area contributed by atoms with Crippen molar-refractivity contribution >= 4 is 11.8 Å². The molecule has 1 fully saturated rings. The number of hydrogen-bond donors (Lipinski definition) is 1. The van der Waals surface area contributed by atoms with Gasteiger partial charge in [0.2, 0.25) is 11.8 Å². The Hall–Kier alpha value is -1.01. The van der Waals surface area contributed by atoms with E-state index < -0.39 is 0 Å². The van der Waals surface area contributed by atoms with E-state index in [1.807, 2.05) is 0 Å². The van der Waals surface area contributed by atoms with Gasteiger partial charge in [-0.15, -0.1) is 0 Å². The van der Waals surface area contributed by atoms with E-state index in [9.17, 15) is 5.11 Å². The highest BCUT2D eigenvalue weighted by atomic mass is 32.2. The lowest BCUT2D eigenvalue weighted by molar-refractivity contribution is 0.158. The molecule has 1 heterocycles.